The van der Waals surface area contributed by atoms with Crippen molar-refractivity contribution in [3.63, 3.8) is 0 Å². The topological polar surface area (TPSA) is 77.8 Å². The number of nitrogens with one attached hydrogen (secondary N) is 2. The number of aromatic hydroxyl groups is 1. The molecule has 0 aliphatic carbocycles. The van der Waals surface area contributed by atoms with Crippen LogP contribution in [0.1, 0.15) is 0 Å². The Labute approximate surface area is 134 Å². The molecule has 2 aliphatic heterocycles. The lowest BCUT2D eigenvalue weighted by Gasteiger charge is -2.08. The van der Waals surface area contributed by atoms with Gasteiger partial charge < -0.3 is 19.5 Å². The Morgan fingerprint density at radius 1 is 1.00 bits per heavy atom. The number of nitrogens with zero attached hydrogens (tertiary/aromatic N) is 1. The van der Waals surface area contributed by atoms with Gasteiger partial charge in [-0.3, -0.25) is 4.98 Å². The molecule has 24 heavy (non-hydrogen) atoms. The zero-order valence-corrected chi connectivity index (χ0v) is 12.4. The standard InChI is InChI=1S/C19H11N3O2/c23-10-1-2-12-11(7-10)16-18-17-14(24-19(16)22-12)4-3-13-15(17)9(8-21-13)5-6-20-18/h1-8,21-23H. The van der Waals surface area contributed by atoms with Gasteiger partial charge in [0.05, 0.1) is 16.6 Å². The molecule has 0 bridgehead atoms. The van der Waals surface area contributed by atoms with E-state index in [-0.39, 0.29) is 5.75 Å². The summed E-state index contributed by atoms with van der Waals surface area (Å²) in [5.41, 5.74) is 5.27. The van der Waals surface area contributed by atoms with Crippen LogP contribution in [0.3, 0.4) is 0 Å². The van der Waals surface area contributed by atoms with E-state index < -0.39 is 0 Å². The number of H-pyrrole nitrogens is 2. The molecule has 0 saturated carbocycles. The molecular formula is C19H11N3O2. The van der Waals surface area contributed by atoms with Gasteiger partial charge in [-0.1, -0.05) is 0 Å². The van der Waals surface area contributed by atoms with Gasteiger partial charge in [0.1, 0.15) is 11.3 Å². The molecule has 0 fully saturated rings. The van der Waals surface area contributed by atoms with Crippen molar-refractivity contribution >= 4 is 43.9 Å². The monoisotopic (exact) mass is 313 g/mol. The second kappa shape index (κ2) is 3.89. The van der Waals surface area contributed by atoms with Gasteiger partial charge in [0.2, 0.25) is 5.71 Å². The lowest BCUT2D eigenvalue weighted by atomic mass is 10.0. The molecule has 5 nitrogen and oxygen atoms in total. The summed E-state index contributed by atoms with van der Waals surface area (Å²) in [7, 11) is 0. The van der Waals surface area contributed by atoms with E-state index in [4.69, 9.17) is 9.40 Å². The Balaban J connectivity index is 1.97. The molecule has 4 heterocycles. The van der Waals surface area contributed by atoms with E-state index in [0.717, 1.165) is 49.4 Å². The Morgan fingerprint density at radius 2 is 1.92 bits per heavy atom. The zero-order chi connectivity index (χ0) is 15.8. The highest BCUT2D eigenvalue weighted by Crippen LogP contribution is 2.43. The number of phenolic OH excluding ortho intramolecular Hbond substituents is 1. The lowest BCUT2D eigenvalue weighted by Crippen LogP contribution is -1.87. The van der Waals surface area contributed by atoms with Crippen LogP contribution in [0.4, 0.5) is 0 Å². The van der Waals surface area contributed by atoms with E-state index in [0.29, 0.717) is 5.71 Å². The molecule has 2 aliphatic rings. The summed E-state index contributed by atoms with van der Waals surface area (Å²) in [5.74, 6) is 0.223. The normalized spacial score (nSPS) is 12.3. The highest BCUT2D eigenvalue weighted by atomic mass is 16.3. The highest BCUT2D eigenvalue weighted by Gasteiger charge is 2.22. The number of fused-ring (bicyclic) bond motifs is 4. The number of rotatable bonds is 0. The third kappa shape index (κ3) is 1.33. The van der Waals surface area contributed by atoms with Crippen molar-refractivity contribution < 1.29 is 9.52 Å². The molecule has 2 aromatic heterocycles. The van der Waals surface area contributed by atoms with Crippen molar-refractivity contribution in [2.45, 2.75) is 0 Å². The predicted molar refractivity (Wildman–Crippen MR) is 93.5 cm³/mol. The number of hydrogen-bond acceptors (Lipinski definition) is 3. The van der Waals surface area contributed by atoms with E-state index in [1.54, 1.807) is 12.1 Å². The van der Waals surface area contributed by atoms with Crippen LogP contribution in [0.2, 0.25) is 0 Å². The average molecular weight is 313 g/mol. The number of aromatic nitrogens is 3. The van der Waals surface area contributed by atoms with Gasteiger partial charge in [0.15, 0.2) is 0 Å². The maximum Gasteiger partial charge on any atom is 0.208 e. The highest BCUT2D eigenvalue weighted by molar-refractivity contribution is 6.20. The summed E-state index contributed by atoms with van der Waals surface area (Å²) in [5, 5.41) is 13.9. The number of aromatic amines is 2. The quantitative estimate of drug-likeness (QED) is 0.378. The molecule has 6 rings (SSSR count). The summed E-state index contributed by atoms with van der Waals surface area (Å²) in [4.78, 5) is 11.3. The molecule has 114 valence electrons. The smallest absolute Gasteiger partial charge is 0.208 e. The Morgan fingerprint density at radius 3 is 2.88 bits per heavy atom. The van der Waals surface area contributed by atoms with Gasteiger partial charge >= 0.3 is 0 Å². The maximum atomic E-state index is 9.90. The van der Waals surface area contributed by atoms with Crippen LogP contribution in [0.5, 0.6) is 5.75 Å². The molecular weight excluding hydrogens is 302 g/mol. The Hall–Kier alpha value is -3.47. The maximum absolute atomic E-state index is 9.90. The summed E-state index contributed by atoms with van der Waals surface area (Å²) in [6.45, 7) is 0. The molecule has 0 radical (unpaired) electrons. The molecule has 0 amide bonds. The van der Waals surface area contributed by atoms with E-state index in [9.17, 15) is 5.11 Å². The molecule has 2 aromatic carbocycles. The molecule has 0 unspecified atom stereocenters. The van der Waals surface area contributed by atoms with Crippen LogP contribution in [0.25, 0.3) is 55.1 Å². The van der Waals surface area contributed by atoms with Crippen LogP contribution in [-0.4, -0.2) is 20.1 Å². The number of benzene rings is 2. The summed E-state index contributed by atoms with van der Waals surface area (Å²) in [6, 6.07) is 11.2. The van der Waals surface area contributed by atoms with E-state index in [1.165, 1.54) is 0 Å². The van der Waals surface area contributed by atoms with Crippen LogP contribution in [0.15, 0.2) is 53.2 Å². The molecule has 0 atom stereocenters. The number of hydrogen-bond donors (Lipinski definition) is 3. The zero-order valence-electron chi connectivity index (χ0n) is 12.4. The largest absolute Gasteiger partial charge is 0.508 e. The minimum absolute atomic E-state index is 0.223. The first-order chi connectivity index (χ1) is 11.8. The Kier molecular flexibility index (Phi) is 1.95. The first-order valence-electron chi connectivity index (χ1n) is 7.71. The molecule has 5 heteroatoms. The van der Waals surface area contributed by atoms with Crippen molar-refractivity contribution in [1.82, 2.24) is 15.0 Å². The third-order valence-corrected chi connectivity index (χ3v) is 4.73. The van der Waals surface area contributed by atoms with Gasteiger partial charge in [-0.05, 0) is 36.4 Å². The first-order valence-corrected chi connectivity index (χ1v) is 7.71. The summed E-state index contributed by atoms with van der Waals surface area (Å²) < 4.78 is 6.13. The van der Waals surface area contributed by atoms with Gasteiger partial charge in [-0.2, -0.15) is 0 Å². The van der Waals surface area contributed by atoms with Crippen LogP contribution >= 0.6 is 0 Å². The average Bonchev–Trinajstić information content (AvgIpc) is 3.09. The van der Waals surface area contributed by atoms with Crippen molar-refractivity contribution in [3.8, 4) is 17.0 Å². The lowest BCUT2D eigenvalue weighted by molar-refractivity contribution is 0.476. The van der Waals surface area contributed by atoms with Gasteiger partial charge in [-0.15, -0.1) is 0 Å². The van der Waals surface area contributed by atoms with E-state index in [1.807, 2.05) is 36.7 Å². The van der Waals surface area contributed by atoms with Gasteiger partial charge in [0, 0.05) is 39.6 Å². The summed E-state index contributed by atoms with van der Waals surface area (Å²) in [6.07, 6.45) is 3.80. The van der Waals surface area contributed by atoms with Gasteiger partial charge in [-0.25, -0.2) is 0 Å². The predicted octanol–water partition coefficient (Wildman–Crippen LogP) is 4.75. The van der Waals surface area contributed by atoms with Crippen molar-refractivity contribution in [2.75, 3.05) is 0 Å². The fourth-order valence-electron chi connectivity index (χ4n) is 3.71. The van der Waals surface area contributed by atoms with Crippen LogP contribution in [0, 0.1) is 0 Å². The number of phenols is 1. The summed E-state index contributed by atoms with van der Waals surface area (Å²) >= 11 is 0. The fraction of sp³-hybridized carbons (Fsp3) is 0. The SMILES string of the molecule is Oc1ccc2[nH]c3oc4ccc5[nH]cc6ccnc(c3c2c1)-c4c65. The molecule has 0 saturated heterocycles. The minimum Gasteiger partial charge on any atom is -0.508 e. The second-order valence-electron chi connectivity index (χ2n) is 6.06. The second-order valence-corrected chi connectivity index (χ2v) is 6.06. The van der Waals surface area contributed by atoms with Crippen molar-refractivity contribution in [3.05, 3.63) is 48.8 Å². The van der Waals surface area contributed by atoms with Crippen LogP contribution < -0.4 is 0 Å². The minimum atomic E-state index is 0.223. The Bertz CT molecular complexity index is 1370. The fourth-order valence-corrected chi connectivity index (χ4v) is 3.71. The molecule has 4 aromatic rings. The molecule has 3 N–H and O–H groups in total. The first kappa shape index (κ1) is 12.0. The van der Waals surface area contributed by atoms with E-state index in [2.05, 4.69) is 9.97 Å². The van der Waals surface area contributed by atoms with Crippen molar-refractivity contribution in [1.29, 1.82) is 0 Å². The van der Waals surface area contributed by atoms with E-state index >= 15 is 0 Å². The molecule has 0 spiro atoms. The van der Waals surface area contributed by atoms with Crippen molar-refractivity contribution in [2.24, 2.45) is 0 Å². The van der Waals surface area contributed by atoms with Gasteiger partial charge in [0.25, 0.3) is 0 Å². The third-order valence-electron chi connectivity index (χ3n) is 4.73. The van der Waals surface area contributed by atoms with Crippen LogP contribution in [-0.2, 0) is 0 Å².